The van der Waals surface area contributed by atoms with E-state index in [0.717, 1.165) is 49.7 Å². The van der Waals surface area contributed by atoms with Crippen molar-refractivity contribution in [3.63, 3.8) is 0 Å². The fourth-order valence-corrected chi connectivity index (χ4v) is 3.75. The summed E-state index contributed by atoms with van der Waals surface area (Å²) >= 11 is 5.38. The van der Waals surface area contributed by atoms with Crippen molar-refractivity contribution in [1.29, 1.82) is 0 Å². The average molecular weight is 410 g/mol. The van der Waals surface area contributed by atoms with Crippen LogP contribution in [0.4, 0.5) is 5.69 Å². The van der Waals surface area contributed by atoms with Crippen LogP contribution in [-0.2, 0) is 20.7 Å². The van der Waals surface area contributed by atoms with Crippen molar-refractivity contribution in [3.8, 4) is 0 Å². The number of hydrogen-bond donors (Lipinski definition) is 1. The van der Waals surface area contributed by atoms with Gasteiger partial charge in [-0.1, -0.05) is 38.3 Å². The fraction of sp³-hybridized carbons (Fsp3) is 0.579. The van der Waals surface area contributed by atoms with Gasteiger partial charge in [0.05, 0.1) is 11.1 Å². The van der Waals surface area contributed by atoms with Gasteiger partial charge < -0.3 is 5.32 Å². The molecular weight excluding hydrogens is 382 g/mol. The molecule has 2 rings (SSSR count). The van der Waals surface area contributed by atoms with Crippen molar-refractivity contribution in [1.82, 2.24) is 10.2 Å². The molecule has 1 amide bonds. The number of unbranched alkanes of at least 4 members (excludes halogenated alkanes) is 3. The molecule has 0 bridgehead atoms. The van der Waals surface area contributed by atoms with Gasteiger partial charge in [0.2, 0.25) is 5.91 Å². The molecule has 1 N–H and O–H groups in total. The highest BCUT2D eigenvalue weighted by atomic mass is 32.2. The summed E-state index contributed by atoms with van der Waals surface area (Å²) in [6.45, 7) is 4.54. The monoisotopic (exact) mass is 409 g/mol. The minimum absolute atomic E-state index is 0.0172. The SMILES string of the molecule is CCCCCCN(C(=O)C1(c2ccc(C)c(N=S(=O)=O)c2)CC1)C(=S)NC. The number of aryl methyl sites for hydroxylation is 1. The maximum atomic E-state index is 13.4. The maximum absolute atomic E-state index is 13.4. The molecule has 0 atom stereocenters. The van der Waals surface area contributed by atoms with Gasteiger partial charge in [-0.15, -0.1) is 4.36 Å². The number of rotatable bonds is 8. The minimum atomic E-state index is -2.53. The van der Waals surface area contributed by atoms with Crippen LogP contribution < -0.4 is 5.32 Å². The number of nitrogens with zero attached hydrogens (tertiary/aromatic N) is 2. The number of thiocarbonyl (C=S) groups is 1. The van der Waals surface area contributed by atoms with Crippen LogP contribution in [0.1, 0.15) is 56.6 Å². The molecule has 1 aliphatic rings. The van der Waals surface area contributed by atoms with Gasteiger partial charge in [-0.3, -0.25) is 9.69 Å². The Morgan fingerprint density at radius 2 is 2.00 bits per heavy atom. The highest BCUT2D eigenvalue weighted by molar-refractivity contribution is 7.80. The Kier molecular flexibility index (Phi) is 7.49. The summed E-state index contributed by atoms with van der Waals surface area (Å²) in [5, 5.41) is 3.35. The topological polar surface area (TPSA) is 78.8 Å². The summed E-state index contributed by atoms with van der Waals surface area (Å²) in [7, 11) is -0.804. The van der Waals surface area contributed by atoms with Crippen LogP contribution >= 0.6 is 12.2 Å². The third-order valence-corrected chi connectivity index (χ3v) is 5.80. The first-order valence-corrected chi connectivity index (χ1v) is 10.8. The summed E-state index contributed by atoms with van der Waals surface area (Å²) in [4.78, 5) is 15.0. The van der Waals surface area contributed by atoms with E-state index in [4.69, 9.17) is 12.2 Å². The second-order valence-corrected chi connectivity index (χ2v) is 7.97. The summed E-state index contributed by atoms with van der Waals surface area (Å²) in [5.41, 5.74) is 1.31. The van der Waals surface area contributed by atoms with Crippen molar-refractivity contribution in [2.75, 3.05) is 13.6 Å². The van der Waals surface area contributed by atoms with Gasteiger partial charge in [-0.05, 0) is 55.6 Å². The zero-order valence-corrected chi connectivity index (χ0v) is 17.8. The van der Waals surface area contributed by atoms with E-state index in [-0.39, 0.29) is 5.91 Å². The van der Waals surface area contributed by atoms with E-state index in [0.29, 0.717) is 17.3 Å². The first kappa shape index (κ1) is 21.5. The Hall–Kier alpha value is -1.80. The molecule has 148 valence electrons. The third-order valence-electron chi connectivity index (χ3n) is 5.03. The van der Waals surface area contributed by atoms with Gasteiger partial charge in [0.15, 0.2) is 5.11 Å². The Balaban J connectivity index is 2.29. The van der Waals surface area contributed by atoms with Crippen molar-refractivity contribution >= 4 is 39.4 Å². The molecule has 0 radical (unpaired) electrons. The molecule has 1 aromatic rings. The molecule has 0 spiro atoms. The standard InChI is InChI=1S/C19H27N3O3S2/c1-4-5-6-7-12-22(18(26)20-3)17(23)19(10-11-19)15-9-8-14(2)16(13-15)21-27(24)25/h8-9,13H,4-7,10-12H2,1-3H3,(H,20,26). The lowest BCUT2D eigenvalue weighted by Gasteiger charge is -2.28. The zero-order chi connectivity index (χ0) is 20.0. The highest BCUT2D eigenvalue weighted by Gasteiger charge is 2.53. The van der Waals surface area contributed by atoms with E-state index in [9.17, 15) is 13.2 Å². The number of amides is 1. The van der Waals surface area contributed by atoms with Crippen LogP contribution in [0.3, 0.4) is 0 Å². The predicted molar refractivity (Wildman–Crippen MR) is 111 cm³/mol. The highest BCUT2D eigenvalue weighted by Crippen LogP contribution is 2.50. The smallest absolute Gasteiger partial charge is 0.316 e. The summed E-state index contributed by atoms with van der Waals surface area (Å²) in [5.74, 6) is -0.0172. The van der Waals surface area contributed by atoms with Gasteiger partial charge in [-0.25, -0.2) is 0 Å². The van der Waals surface area contributed by atoms with Crippen molar-refractivity contribution < 1.29 is 13.2 Å². The molecule has 0 heterocycles. The van der Waals surface area contributed by atoms with E-state index in [2.05, 4.69) is 16.6 Å². The third kappa shape index (κ3) is 5.13. The number of carbonyl (C=O) groups excluding carboxylic acids is 1. The van der Waals surface area contributed by atoms with Crippen LogP contribution in [0.2, 0.25) is 0 Å². The van der Waals surface area contributed by atoms with Crippen LogP contribution in [0.5, 0.6) is 0 Å². The largest absolute Gasteiger partial charge is 0.365 e. The van der Waals surface area contributed by atoms with E-state index >= 15 is 0 Å². The van der Waals surface area contributed by atoms with Gasteiger partial charge >= 0.3 is 10.5 Å². The van der Waals surface area contributed by atoms with Crippen molar-refractivity contribution in [2.24, 2.45) is 4.36 Å². The van der Waals surface area contributed by atoms with Crippen LogP contribution in [-0.4, -0.2) is 37.9 Å². The maximum Gasteiger partial charge on any atom is 0.316 e. The van der Waals surface area contributed by atoms with Crippen LogP contribution in [0.25, 0.3) is 0 Å². The molecule has 1 aliphatic carbocycles. The van der Waals surface area contributed by atoms with Crippen molar-refractivity contribution in [3.05, 3.63) is 29.3 Å². The van der Waals surface area contributed by atoms with Crippen molar-refractivity contribution in [2.45, 2.75) is 57.8 Å². The number of benzene rings is 1. The molecule has 27 heavy (non-hydrogen) atoms. The second-order valence-electron chi connectivity index (χ2n) is 6.96. The van der Waals surface area contributed by atoms with Gasteiger partial charge in [0.25, 0.3) is 0 Å². The van der Waals surface area contributed by atoms with E-state index < -0.39 is 15.9 Å². The van der Waals surface area contributed by atoms with Gasteiger partial charge in [0.1, 0.15) is 0 Å². The van der Waals surface area contributed by atoms with E-state index in [1.54, 1.807) is 24.9 Å². The Labute approximate surface area is 168 Å². The molecule has 1 aromatic carbocycles. The Morgan fingerprint density at radius 3 is 2.56 bits per heavy atom. The predicted octanol–water partition coefficient (Wildman–Crippen LogP) is 3.63. The molecule has 8 heteroatoms. The normalized spacial score (nSPS) is 14.3. The first-order valence-electron chi connectivity index (χ1n) is 9.31. The lowest BCUT2D eigenvalue weighted by Crippen LogP contribution is -2.47. The lowest BCUT2D eigenvalue weighted by atomic mass is 9.92. The van der Waals surface area contributed by atoms with Gasteiger partial charge in [0, 0.05) is 13.6 Å². The zero-order valence-electron chi connectivity index (χ0n) is 16.1. The molecule has 1 fully saturated rings. The first-order chi connectivity index (χ1) is 12.9. The summed E-state index contributed by atoms with van der Waals surface area (Å²) in [6, 6.07) is 5.43. The van der Waals surface area contributed by atoms with Crippen LogP contribution in [0.15, 0.2) is 22.6 Å². The van der Waals surface area contributed by atoms with E-state index in [1.165, 1.54) is 0 Å². The second kappa shape index (κ2) is 9.41. The fourth-order valence-electron chi connectivity index (χ4n) is 3.22. The average Bonchev–Trinajstić information content (AvgIpc) is 3.44. The molecule has 6 nitrogen and oxygen atoms in total. The molecule has 0 aromatic heterocycles. The molecule has 0 aliphatic heterocycles. The summed E-state index contributed by atoms with van der Waals surface area (Å²) in [6.07, 6.45) is 5.68. The molecule has 0 unspecified atom stereocenters. The Morgan fingerprint density at radius 1 is 1.30 bits per heavy atom. The Bertz CT molecular complexity index is 838. The minimum Gasteiger partial charge on any atom is -0.365 e. The van der Waals surface area contributed by atoms with Crippen LogP contribution in [0, 0.1) is 6.92 Å². The van der Waals surface area contributed by atoms with E-state index in [1.807, 2.05) is 12.1 Å². The number of hydrogen-bond acceptors (Lipinski definition) is 5. The number of carbonyl (C=O) groups is 1. The summed E-state index contributed by atoms with van der Waals surface area (Å²) < 4.78 is 25.6. The molecule has 1 saturated carbocycles. The lowest BCUT2D eigenvalue weighted by molar-refractivity contribution is -0.130. The molecule has 0 saturated heterocycles. The molecular formula is C19H27N3O3S2. The quantitative estimate of drug-likeness (QED) is 0.524. The van der Waals surface area contributed by atoms with Gasteiger partial charge in [-0.2, -0.15) is 8.42 Å². The number of nitrogens with one attached hydrogen (secondary N) is 1.